The minimum Gasteiger partial charge on any atom is -0.378 e. The van der Waals surface area contributed by atoms with E-state index in [0.29, 0.717) is 12.0 Å². The molecule has 2 unspecified atom stereocenters. The molecular formula is C15H20N2OS. The van der Waals surface area contributed by atoms with Gasteiger partial charge in [-0.3, -0.25) is 0 Å². The number of thiazole rings is 1. The second-order valence-electron chi connectivity index (χ2n) is 5.24. The van der Waals surface area contributed by atoms with Gasteiger partial charge in [0.25, 0.3) is 0 Å². The molecule has 0 amide bonds. The molecule has 3 nitrogen and oxygen atoms in total. The molecule has 0 aliphatic carbocycles. The Balaban J connectivity index is 1.68. The third-order valence-electron chi connectivity index (χ3n) is 3.81. The van der Waals surface area contributed by atoms with Crippen molar-refractivity contribution in [3.05, 3.63) is 23.8 Å². The Hall–Kier alpha value is -1.13. The van der Waals surface area contributed by atoms with Crippen LogP contribution in [0.1, 0.15) is 25.3 Å². The van der Waals surface area contributed by atoms with Crippen LogP contribution in [0.5, 0.6) is 0 Å². The predicted octanol–water partition coefficient (Wildman–Crippen LogP) is 3.83. The van der Waals surface area contributed by atoms with Crippen molar-refractivity contribution in [2.75, 3.05) is 18.5 Å². The summed E-state index contributed by atoms with van der Waals surface area (Å²) in [6.45, 7) is 6.19. The van der Waals surface area contributed by atoms with Gasteiger partial charge in [-0.05, 0) is 37.5 Å². The van der Waals surface area contributed by atoms with Gasteiger partial charge in [-0.25, -0.2) is 4.98 Å². The third-order valence-corrected chi connectivity index (χ3v) is 4.78. The van der Waals surface area contributed by atoms with Crippen molar-refractivity contribution in [2.24, 2.45) is 5.92 Å². The van der Waals surface area contributed by atoms with Crippen LogP contribution in [-0.4, -0.2) is 24.2 Å². The molecular weight excluding hydrogens is 256 g/mol. The standard InChI is InChI=1S/C15H20N2OS/c1-3-13-11(6-7-18-13)9-16-15-17-12-5-4-10(2)8-14(12)19-15/h4-5,8,11,13H,3,6-7,9H2,1-2H3,(H,16,17). The van der Waals surface area contributed by atoms with Gasteiger partial charge < -0.3 is 10.1 Å². The van der Waals surface area contributed by atoms with E-state index >= 15 is 0 Å². The van der Waals surface area contributed by atoms with Gasteiger partial charge in [0.1, 0.15) is 0 Å². The summed E-state index contributed by atoms with van der Waals surface area (Å²) in [5.41, 5.74) is 2.38. The number of hydrogen-bond acceptors (Lipinski definition) is 4. The molecule has 1 aliphatic rings. The van der Waals surface area contributed by atoms with Crippen molar-refractivity contribution >= 4 is 26.7 Å². The number of fused-ring (bicyclic) bond motifs is 1. The molecule has 0 bridgehead atoms. The largest absolute Gasteiger partial charge is 0.378 e. The number of ether oxygens (including phenoxy) is 1. The molecule has 3 rings (SSSR count). The summed E-state index contributed by atoms with van der Waals surface area (Å²) < 4.78 is 6.98. The summed E-state index contributed by atoms with van der Waals surface area (Å²) in [6.07, 6.45) is 2.69. The van der Waals surface area contributed by atoms with E-state index in [1.54, 1.807) is 11.3 Å². The first-order valence-corrected chi connectivity index (χ1v) is 7.80. The van der Waals surface area contributed by atoms with E-state index in [0.717, 1.165) is 36.6 Å². The third kappa shape index (κ3) is 2.74. The number of aromatic nitrogens is 1. The van der Waals surface area contributed by atoms with Crippen LogP contribution in [0.15, 0.2) is 18.2 Å². The Bertz CT molecular complexity index is 566. The molecule has 2 heterocycles. The van der Waals surface area contributed by atoms with E-state index in [9.17, 15) is 0 Å². The maximum atomic E-state index is 5.72. The summed E-state index contributed by atoms with van der Waals surface area (Å²) in [4.78, 5) is 4.63. The molecule has 4 heteroatoms. The van der Waals surface area contributed by atoms with Crippen molar-refractivity contribution in [3.63, 3.8) is 0 Å². The fourth-order valence-electron chi connectivity index (χ4n) is 2.70. The zero-order valence-electron chi connectivity index (χ0n) is 11.5. The molecule has 1 aromatic heterocycles. The quantitative estimate of drug-likeness (QED) is 0.921. The number of nitrogens with zero attached hydrogens (tertiary/aromatic N) is 1. The number of hydrogen-bond donors (Lipinski definition) is 1. The average Bonchev–Trinajstić information content (AvgIpc) is 3.01. The van der Waals surface area contributed by atoms with Gasteiger partial charge in [-0.1, -0.05) is 24.3 Å². The number of aryl methyl sites for hydroxylation is 1. The van der Waals surface area contributed by atoms with Crippen LogP contribution in [0.2, 0.25) is 0 Å². The molecule has 19 heavy (non-hydrogen) atoms. The lowest BCUT2D eigenvalue weighted by atomic mass is 10.00. The van der Waals surface area contributed by atoms with E-state index in [1.165, 1.54) is 10.3 Å². The minimum absolute atomic E-state index is 0.420. The predicted molar refractivity (Wildman–Crippen MR) is 81.0 cm³/mol. The van der Waals surface area contributed by atoms with Crippen molar-refractivity contribution in [3.8, 4) is 0 Å². The molecule has 1 saturated heterocycles. The topological polar surface area (TPSA) is 34.1 Å². The first-order chi connectivity index (χ1) is 9.26. The molecule has 1 N–H and O–H groups in total. The van der Waals surface area contributed by atoms with Gasteiger partial charge in [0, 0.05) is 19.1 Å². The summed E-state index contributed by atoms with van der Waals surface area (Å²) in [5.74, 6) is 0.624. The van der Waals surface area contributed by atoms with Gasteiger partial charge in [-0.15, -0.1) is 0 Å². The zero-order valence-corrected chi connectivity index (χ0v) is 12.3. The Morgan fingerprint density at radius 2 is 2.37 bits per heavy atom. The fraction of sp³-hybridized carbons (Fsp3) is 0.533. The van der Waals surface area contributed by atoms with Crippen LogP contribution in [0, 0.1) is 12.8 Å². The summed E-state index contributed by atoms with van der Waals surface area (Å²) in [6, 6.07) is 6.41. The maximum Gasteiger partial charge on any atom is 0.183 e. The van der Waals surface area contributed by atoms with Crippen molar-refractivity contribution in [2.45, 2.75) is 32.8 Å². The van der Waals surface area contributed by atoms with Crippen LogP contribution in [0.25, 0.3) is 10.2 Å². The van der Waals surface area contributed by atoms with Crippen LogP contribution in [0.3, 0.4) is 0 Å². The highest BCUT2D eigenvalue weighted by Crippen LogP contribution is 2.28. The summed E-state index contributed by atoms with van der Waals surface area (Å²) in [5, 5.41) is 4.52. The molecule has 2 atom stereocenters. The van der Waals surface area contributed by atoms with Gasteiger partial charge in [0.2, 0.25) is 0 Å². The number of nitrogens with one attached hydrogen (secondary N) is 1. The summed E-state index contributed by atoms with van der Waals surface area (Å²) >= 11 is 1.74. The SMILES string of the molecule is CCC1OCCC1CNc1nc2ccc(C)cc2s1. The molecule has 0 radical (unpaired) electrons. The number of anilines is 1. The Kier molecular flexibility index (Phi) is 3.71. The highest BCUT2D eigenvalue weighted by molar-refractivity contribution is 7.22. The molecule has 1 aliphatic heterocycles. The highest BCUT2D eigenvalue weighted by Gasteiger charge is 2.26. The molecule has 1 fully saturated rings. The maximum absolute atomic E-state index is 5.72. The van der Waals surface area contributed by atoms with E-state index in [4.69, 9.17) is 4.74 Å². The lowest BCUT2D eigenvalue weighted by Crippen LogP contribution is -2.22. The second-order valence-corrected chi connectivity index (χ2v) is 6.27. The molecule has 0 saturated carbocycles. The minimum atomic E-state index is 0.420. The molecule has 0 spiro atoms. The normalized spacial score (nSPS) is 23.1. The van der Waals surface area contributed by atoms with E-state index < -0.39 is 0 Å². The van der Waals surface area contributed by atoms with Crippen LogP contribution < -0.4 is 5.32 Å². The van der Waals surface area contributed by atoms with Crippen molar-refractivity contribution in [1.82, 2.24) is 4.98 Å². The van der Waals surface area contributed by atoms with Crippen molar-refractivity contribution < 1.29 is 4.74 Å². The van der Waals surface area contributed by atoms with Crippen molar-refractivity contribution in [1.29, 1.82) is 0 Å². The molecule has 2 aromatic rings. The average molecular weight is 276 g/mol. The molecule has 102 valence electrons. The van der Waals surface area contributed by atoms with Gasteiger partial charge in [-0.2, -0.15) is 0 Å². The van der Waals surface area contributed by atoms with E-state index in [2.05, 4.69) is 42.3 Å². The summed E-state index contributed by atoms with van der Waals surface area (Å²) in [7, 11) is 0. The van der Waals surface area contributed by atoms with Gasteiger partial charge >= 0.3 is 0 Å². The van der Waals surface area contributed by atoms with E-state index in [1.807, 2.05) is 0 Å². The molecule has 1 aromatic carbocycles. The highest BCUT2D eigenvalue weighted by atomic mass is 32.1. The van der Waals surface area contributed by atoms with Gasteiger partial charge in [0.05, 0.1) is 16.3 Å². The fourth-order valence-corrected chi connectivity index (χ4v) is 3.67. The lowest BCUT2D eigenvalue weighted by Gasteiger charge is -2.16. The second kappa shape index (κ2) is 5.47. The van der Waals surface area contributed by atoms with Crippen LogP contribution >= 0.6 is 11.3 Å². The number of benzene rings is 1. The zero-order chi connectivity index (χ0) is 13.2. The smallest absolute Gasteiger partial charge is 0.183 e. The monoisotopic (exact) mass is 276 g/mol. The Labute approximate surface area is 118 Å². The first kappa shape index (κ1) is 12.9. The first-order valence-electron chi connectivity index (χ1n) is 6.99. The Morgan fingerprint density at radius 1 is 1.47 bits per heavy atom. The number of rotatable bonds is 4. The van der Waals surface area contributed by atoms with Crippen LogP contribution in [0.4, 0.5) is 5.13 Å². The Morgan fingerprint density at radius 3 is 3.21 bits per heavy atom. The van der Waals surface area contributed by atoms with Gasteiger partial charge in [0.15, 0.2) is 5.13 Å². The van der Waals surface area contributed by atoms with Crippen LogP contribution in [-0.2, 0) is 4.74 Å². The van der Waals surface area contributed by atoms with E-state index in [-0.39, 0.29) is 0 Å². The lowest BCUT2D eigenvalue weighted by molar-refractivity contribution is 0.0900.